The highest BCUT2D eigenvalue weighted by Gasteiger charge is 2.21. The number of rotatable bonds is 4. The van der Waals surface area contributed by atoms with Crippen LogP contribution in [0.2, 0.25) is 0 Å². The molecular formula is C17H14N6O4. The number of aryl methyl sites for hydroxylation is 2. The lowest BCUT2D eigenvalue weighted by Crippen LogP contribution is -2.20. The lowest BCUT2D eigenvalue weighted by molar-refractivity contribution is -0.402. The molecule has 4 rings (SSSR count). The van der Waals surface area contributed by atoms with Gasteiger partial charge in [-0.3, -0.25) is 19.3 Å². The SMILES string of the molecule is Cc1nc2n(C)c3ccccc3n2c1C(=O)N/N=C/c1ccc([N+](=O)[O-])o1. The number of nitrogens with zero attached hydrogens (tertiary/aromatic N) is 5. The van der Waals surface area contributed by atoms with Gasteiger partial charge in [-0.2, -0.15) is 5.10 Å². The zero-order chi connectivity index (χ0) is 19.1. The number of amides is 1. The first-order chi connectivity index (χ1) is 13.0. The van der Waals surface area contributed by atoms with E-state index in [0.717, 1.165) is 11.0 Å². The summed E-state index contributed by atoms with van der Waals surface area (Å²) >= 11 is 0. The summed E-state index contributed by atoms with van der Waals surface area (Å²) in [7, 11) is 1.88. The first-order valence-electron chi connectivity index (χ1n) is 7.97. The predicted molar refractivity (Wildman–Crippen MR) is 96.8 cm³/mol. The van der Waals surface area contributed by atoms with Gasteiger partial charge in [0.1, 0.15) is 10.6 Å². The number of carbonyl (C=O) groups excluding carboxylic acids is 1. The molecule has 0 aliphatic carbocycles. The maximum absolute atomic E-state index is 12.7. The summed E-state index contributed by atoms with van der Waals surface area (Å²) in [5.74, 6) is -0.0488. The van der Waals surface area contributed by atoms with Gasteiger partial charge in [-0.05, 0) is 25.1 Å². The average Bonchev–Trinajstić information content (AvgIpc) is 3.31. The summed E-state index contributed by atoms with van der Waals surface area (Å²) in [6.45, 7) is 1.75. The zero-order valence-electron chi connectivity index (χ0n) is 14.4. The molecule has 0 unspecified atom stereocenters. The highest BCUT2D eigenvalue weighted by Crippen LogP contribution is 2.23. The van der Waals surface area contributed by atoms with Crippen molar-refractivity contribution < 1.29 is 14.1 Å². The molecule has 0 fully saturated rings. The molecule has 3 aromatic heterocycles. The largest absolute Gasteiger partial charge is 0.433 e. The van der Waals surface area contributed by atoms with Crippen LogP contribution >= 0.6 is 0 Å². The number of para-hydroxylation sites is 2. The molecule has 0 aliphatic heterocycles. The van der Waals surface area contributed by atoms with Gasteiger partial charge in [0.2, 0.25) is 5.78 Å². The van der Waals surface area contributed by atoms with Crippen LogP contribution in [0.5, 0.6) is 0 Å². The molecule has 1 aromatic carbocycles. The minimum Gasteiger partial charge on any atom is -0.400 e. The lowest BCUT2D eigenvalue weighted by Gasteiger charge is -2.00. The number of hydrogen-bond donors (Lipinski definition) is 1. The number of carbonyl (C=O) groups is 1. The third-order valence-electron chi connectivity index (χ3n) is 4.18. The van der Waals surface area contributed by atoms with Gasteiger partial charge in [-0.15, -0.1) is 0 Å². The van der Waals surface area contributed by atoms with Crippen LogP contribution in [0.1, 0.15) is 21.9 Å². The molecule has 0 aliphatic rings. The quantitative estimate of drug-likeness (QED) is 0.338. The van der Waals surface area contributed by atoms with Crippen molar-refractivity contribution in [2.45, 2.75) is 6.92 Å². The molecule has 4 aromatic rings. The summed E-state index contributed by atoms with van der Waals surface area (Å²) in [6, 6.07) is 10.3. The fourth-order valence-electron chi connectivity index (χ4n) is 3.00. The van der Waals surface area contributed by atoms with Gasteiger partial charge >= 0.3 is 5.88 Å². The van der Waals surface area contributed by atoms with Gasteiger partial charge in [0.25, 0.3) is 5.91 Å². The van der Waals surface area contributed by atoms with E-state index in [2.05, 4.69) is 15.5 Å². The van der Waals surface area contributed by atoms with Crippen molar-refractivity contribution in [3.8, 4) is 0 Å². The van der Waals surface area contributed by atoms with Crippen molar-refractivity contribution in [1.82, 2.24) is 19.4 Å². The smallest absolute Gasteiger partial charge is 0.400 e. The molecule has 0 saturated carbocycles. The normalized spacial score (nSPS) is 11.6. The number of nitro groups is 1. The number of aromatic nitrogens is 3. The van der Waals surface area contributed by atoms with E-state index in [1.165, 1.54) is 18.3 Å². The number of imidazole rings is 2. The van der Waals surface area contributed by atoms with Crippen LogP contribution in [-0.4, -0.2) is 31.0 Å². The minimum absolute atomic E-state index is 0.155. The van der Waals surface area contributed by atoms with E-state index in [0.29, 0.717) is 17.2 Å². The number of furan rings is 1. The Morgan fingerprint density at radius 2 is 2.04 bits per heavy atom. The number of hydrogen-bond acceptors (Lipinski definition) is 6. The summed E-state index contributed by atoms with van der Waals surface area (Å²) in [5, 5.41) is 14.4. The minimum atomic E-state index is -0.650. The molecule has 136 valence electrons. The zero-order valence-corrected chi connectivity index (χ0v) is 14.4. The van der Waals surface area contributed by atoms with Gasteiger partial charge in [0, 0.05) is 7.05 Å². The van der Waals surface area contributed by atoms with E-state index in [-0.39, 0.29) is 5.76 Å². The number of nitrogens with one attached hydrogen (secondary N) is 1. The second kappa shape index (κ2) is 6.09. The van der Waals surface area contributed by atoms with E-state index in [4.69, 9.17) is 4.42 Å². The van der Waals surface area contributed by atoms with Crippen LogP contribution in [0, 0.1) is 17.0 Å². The Labute approximate surface area is 151 Å². The fraction of sp³-hybridized carbons (Fsp3) is 0.118. The molecule has 0 radical (unpaired) electrons. The second-order valence-electron chi connectivity index (χ2n) is 5.86. The van der Waals surface area contributed by atoms with Gasteiger partial charge in [-0.25, -0.2) is 10.4 Å². The van der Waals surface area contributed by atoms with Crippen LogP contribution in [0.25, 0.3) is 16.8 Å². The average molecular weight is 366 g/mol. The highest BCUT2D eigenvalue weighted by atomic mass is 16.6. The summed E-state index contributed by atoms with van der Waals surface area (Å²) in [6.07, 6.45) is 1.20. The van der Waals surface area contributed by atoms with Crippen molar-refractivity contribution in [1.29, 1.82) is 0 Å². The summed E-state index contributed by atoms with van der Waals surface area (Å²) in [4.78, 5) is 27.1. The third kappa shape index (κ3) is 2.63. The van der Waals surface area contributed by atoms with Crippen molar-refractivity contribution >= 4 is 34.8 Å². The molecule has 27 heavy (non-hydrogen) atoms. The van der Waals surface area contributed by atoms with Crippen LogP contribution in [0.3, 0.4) is 0 Å². The van der Waals surface area contributed by atoms with E-state index in [9.17, 15) is 14.9 Å². The monoisotopic (exact) mass is 366 g/mol. The number of hydrazone groups is 1. The Morgan fingerprint density at radius 3 is 2.74 bits per heavy atom. The summed E-state index contributed by atoms with van der Waals surface area (Å²) in [5.41, 5.74) is 5.14. The van der Waals surface area contributed by atoms with Crippen molar-refractivity contribution in [3.05, 3.63) is 63.7 Å². The van der Waals surface area contributed by atoms with E-state index < -0.39 is 16.7 Å². The standard InChI is InChI=1S/C17H14N6O4/c1-10-15(16(24)20-18-9-11-7-8-14(27-11)23(25)26)22-13-6-4-3-5-12(13)21(2)17(22)19-10/h3-9H,1-2H3,(H,20,24)/b18-9+. The maximum Gasteiger partial charge on any atom is 0.433 e. The molecule has 10 nitrogen and oxygen atoms in total. The highest BCUT2D eigenvalue weighted by molar-refractivity contribution is 5.97. The molecule has 1 amide bonds. The second-order valence-corrected chi connectivity index (χ2v) is 5.86. The Hall–Kier alpha value is -3.95. The molecule has 0 bridgehead atoms. The molecule has 1 N–H and O–H groups in total. The Kier molecular flexibility index (Phi) is 3.73. The molecule has 3 heterocycles. The van der Waals surface area contributed by atoms with Gasteiger partial charge in [0.05, 0.1) is 29.0 Å². The summed E-state index contributed by atoms with van der Waals surface area (Å²) < 4.78 is 8.63. The predicted octanol–water partition coefficient (Wildman–Crippen LogP) is 2.40. The molecule has 0 saturated heterocycles. The van der Waals surface area contributed by atoms with Crippen LogP contribution in [0.15, 0.2) is 45.9 Å². The van der Waals surface area contributed by atoms with Crippen molar-refractivity contribution in [2.75, 3.05) is 0 Å². The molecule has 10 heteroatoms. The Balaban J connectivity index is 1.66. The van der Waals surface area contributed by atoms with Crippen LogP contribution in [-0.2, 0) is 7.05 Å². The first kappa shape index (κ1) is 16.5. The van der Waals surface area contributed by atoms with E-state index in [1.54, 1.807) is 11.3 Å². The van der Waals surface area contributed by atoms with E-state index >= 15 is 0 Å². The Bertz CT molecular complexity index is 1230. The van der Waals surface area contributed by atoms with E-state index in [1.807, 2.05) is 35.9 Å². The fourth-order valence-corrected chi connectivity index (χ4v) is 3.00. The third-order valence-corrected chi connectivity index (χ3v) is 4.18. The molecular weight excluding hydrogens is 352 g/mol. The van der Waals surface area contributed by atoms with Gasteiger partial charge in [0.15, 0.2) is 5.76 Å². The molecule has 0 spiro atoms. The first-order valence-corrected chi connectivity index (χ1v) is 7.97. The van der Waals surface area contributed by atoms with Crippen molar-refractivity contribution in [2.24, 2.45) is 12.1 Å². The number of benzene rings is 1. The van der Waals surface area contributed by atoms with Crippen LogP contribution < -0.4 is 5.43 Å². The van der Waals surface area contributed by atoms with Crippen molar-refractivity contribution in [3.63, 3.8) is 0 Å². The maximum atomic E-state index is 12.7. The topological polar surface area (TPSA) is 120 Å². The Morgan fingerprint density at radius 1 is 1.30 bits per heavy atom. The van der Waals surface area contributed by atoms with Gasteiger partial charge < -0.3 is 8.98 Å². The lowest BCUT2D eigenvalue weighted by atomic mass is 10.3. The number of fused-ring (bicyclic) bond motifs is 3. The van der Waals surface area contributed by atoms with Crippen LogP contribution in [0.4, 0.5) is 5.88 Å². The molecule has 0 atom stereocenters. The van der Waals surface area contributed by atoms with Gasteiger partial charge in [-0.1, -0.05) is 12.1 Å².